The van der Waals surface area contributed by atoms with Crippen molar-refractivity contribution >= 4 is 5.91 Å². The molecule has 1 amide bonds. The Morgan fingerprint density at radius 2 is 1.70 bits per heavy atom. The number of likely N-dealkylation sites (N-methyl/N-ethyl adjacent to an activating group) is 1. The number of carbonyl (C=O) groups is 1. The van der Waals surface area contributed by atoms with Crippen LogP contribution in [0, 0.1) is 5.92 Å². The van der Waals surface area contributed by atoms with E-state index < -0.39 is 11.7 Å². The van der Waals surface area contributed by atoms with E-state index in [0.717, 1.165) is 17.7 Å². The summed E-state index contributed by atoms with van der Waals surface area (Å²) in [5.74, 6) is 0.118. The van der Waals surface area contributed by atoms with Crippen molar-refractivity contribution in [1.29, 1.82) is 0 Å². The predicted molar refractivity (Wildman–Crippen MR) is 96.4 cm³/mol. The van der Waals surface area contributed by atoms with Gasteiger partial charge in [0, 0.05) is 19.4 Å². The highest BCUT2D eigenvalue weighted by Crippen LogP contribution is 2.30. The maximum atomic E-state index is 12.8. The van der Waals surface area contributed by atoms with E-state index in [0.29, 0.717) is 12.3 Å². The molecule has 7 heteroatoms. The summed E-state index contributed by atoms with van der Waals surface area (Å²) in [6, 6.07) is 8.16. The summed E-state index contributed by atoms with van der Waals surface area (Å²) in [6.07, 6.45) is -1.05. The molecule has 146 valence electrons. The first-order chi connectivity index (χ1) is 12.7. The van der Waals surface area contributed by atoms with Crippen LogP contribution in [0.15, 0.2) is 48.8 Å². The van der Waals surface area contributed by atoms with Gasteiger partial charge in [0.15, 0.2) is 0 Å². The maximum Gasteiger partial charge on any atom is 0.416 e. The van der Waals surface area contributed by atoms with E-state index in [2.05, 4.69) is 4.98 Å². The van der Waals surface area contributed by atoms with Crippen molar-refractivity contribution in [3.05, 3.63) is 59.9 Å². The van der Waals surface area contributed by atoms with Crippen LogP contribution in [-0.2, 0) is 11.0 Å². The summed E-state index contributed by atoms with van der Waals surface area (Å²) >= 11 is 0. The first kappa shape index (κ1) is 20.7. The van der Waals surface area contributed by atoms with Gasteiger partial charge in [-0.2, -0.15) is 13.2 Å². The van der Waals surface area contributed by atoms with Crippen LogP contribution in [0.2, 0.25) is 0 Å². The summed E-state index contributed by atoms with van der Waals surface area (Å²) in [5.41, 5.74) is 0.180. The van der Waals surface area contributed by atoms with Crippen LogP contribution in [0.3, 0.4) is 0 Å². The highest BCUT2D eigenvalue weighted by Gasteiger charge is 2.30. The van der Waals surface area contributed by atoms with Gasteiger partial charge in [0.25, 0.3) is 0 Å². The van der Waals surface area contributed by atoms with Crippen molar-refractivity contribution < 1.29 is 22.7 Å². The SMILES string of the molecule is CC(C)[C@H](C(=O)N(C)CCOc1ccc(C(F)(F)F)cc1)c1ccncc1. The van der Waals surface area contributed by atoms with Gasteiger partial charge in [-0.3, -0.25) is 9.78 Å². The molecule has 0 fully saturated rings. The van der Waals surface area contributed by atoms with Crippen LogP contribution in [0.4, 0.5) is 13.2 Å². The summed E-state index contributed by atoms with van der Waals surface area (Å²) < 4.78 is 43.1. The highest BCUT2D eigenvalue weighted by atomic mass is 19.4. The molecule has 0 saturated heterocycles. The molecule has 0 spiro atoms. The Kier molecular flexibility index (Phi) is 6.82. The number of hydrogen-bond acceptors (Lipinski definition) is 3. The number of alkyl halides is 3. The molecule has 1 atom stereocenters. The lowest BCUT2D eigenvalue weighted by atomic mass is 9.88. The fraction of sp³-hybridized carbons (Fsp3) is 0.400. The molecular weight excluding hydrogens is 357 g/mol. The van der Waals surface area contributed by atoms with E-state index in [-0.39, 0.29) is 24.3 Å². The Labute approximate surface area is 157 Å². The van der Waals surface area contributed by atoms with Crippen molar-refractivity contribution in [2.24, 2.45) is 5.92 Å². The summed E-state index contributed by atoms with van der Waals surface area (Å²) in [4.78, 5) is 18.4. The summed E-state index contributed by atoms with van der Waals surface area (Å²) in [5, 5.41) is 0. The predicted octanol–water partition coefficient (Wildman–Crippen LogP) is 4.38. The van der Waals surface area contributed by atoms with Gasteiger partial charge in [-0.05, 0) is 47.9 Å². The number of pyridine rings is 1. The van der Waals surface area contributed by atoms with Gasteiger partial charge in [-0.1, -0.05) is 13.8 Å². The monoisotopic (exact) mass is 380 g/mol. The Morgan fingerprint density at radius 3 is 2.22 bits per heavy atom. The number of rotatable bonds is 7. The van der Waals surface area contributed by atoms with Crippen molar-refractivity contribution in [3.63, 3.8) is 0 Å². The van der Waals surface area contributed by atoms with Crippen LogP contribution in [-0.4, -0.2) is 36.0 Å². The largest absolute Gasteiger partial charge is 0.492 e. The standard InChI is InChI=1S/C20H23F3N2O2/c1-14(2)18(15-8-10-24-11-9-15)19(26)25(3)12-13-27-17-6-4-16(5-7-17)20(21,22)23/h4-11,14,18H,12-13H2,1-3H3/t18-/m0/s1. The highest BCUT2D eigenvalue weighted by molar-refractivity contribution is 5.83. The van der Waals surface area contributed by atoms with E-state index in [4.69, 9.17) is 4.74 Å². The first-order valence-corrected chi connectivity index (χ1v) is 8.65. The third-order valence-corrected chi connectivity index (χ3v) is 4.25. The van der Waals surface area contributed by atoms with Gasteiger partial charge in [0.1, 0.15) is 12.4 Å². The van der Waals surface area contributed by atoms with E-state index in [1.54, 1.807) is 24.3 Å². The van der Waals surface area contributed by atoms with E-state index in [9.17, 15) is 18.0 Å². The molecule has 4 nitrogen and oxygen atoms in total. The van der Waals surface area contributed by atoms with Crippen LogP contribution in [0.1, 0.15) is 30.9 Å². The summed E-state index contributed by atoms with van der Waals surface area (Å²) in [6.45, 7) is 4.48. The molecule has 27 heavy (non-hydrogen) atoms. The minimum atomic E-state index is -4.37. The molecule has 0 unspecified atom stereocenters. The molecule has 2 rings (SSSR count). The van der Waals surface area contributed by atoms with Crippen molar-refractivity contribution in [2.75, 3.05) is 20.2 Å². The quantitative estimate of drug-likeness (QED) is 0.716. The topological polar surface area (TPSA) is 42.4 Å². The Bertz CT molecular complexity index is 731. The molecule has 1 aromatic carbocycles. The number of hydrogen-bond donors (Lipinski definition) is 0. The second-order valence-electron chi connectivity index (χ2n) is 6.63. The molecule has 0 N–H and O–H groups in total. The van der Waals surface area contributed by atoms with Crippen LogP contribution in [0.5, 0.6) is 5.75 Å². The number of halogens is 3. The number of nitrogens with zero attached hydrogens (tertiary/aromatic N) is 2. The lowest BCUT2D eigenvalue weighted by Gasteiger charge is -2.26. The lowest BCUT2D eigenvalue weighted by molar-refractivity contribution is -0.137. The molecule has 0 radical (unpaired) electrons. The molecule has 0 aliphatic heterocycles. The van der Waals surface area contributed by atoms with E-state index >= 15 is 0 Å². The average Bonchev–Trinajstić information content (AvgIpc) is 2.62. The van der Waals surface area contributed by atoms with Gasteiger partial charge >= 0.3 is 6.18 Å². The molecule has 0 aliphatic carbocycles. The van der Waals surface area contributed by atoms with Gasteiger partial charge in [-0.15, -0.1) is 0 Å². The zero-order chi connectivity index (χ0) is 20.0. The minimum Gasteiger partial charge on any atom is -0.492 e. The Balaban J connectivity index is 1.92. The second kappa shape index (κ2) is 8.88. The molecule has 1 heterocycles. The van der Waals surface area contributed by atoms with Crippen molar-refractivity contribution in [3.8, 4) is 5.75 Å². The Morgan fingerprint density at radius 1 is 1.11 bits per heavy atom. The van der Waals surface area contributed by atoms with Crippen molar-refractivity contribution in [1.82, 2.24) is 9.88 Å². The van der Waals surface area contributed by atoms with Gasteiger partial charge < -0.3 is 9.64 Å². The van der Waals surface area contributed by atoms with Crippen LogP contribution >= 0.6 is 0 Å². The minimum absolute atomic E-state index is 0.0350. The maximum absolute atomic E-state index is 12.8. The smallest absolute Gasteiger partial charge is 0.416 e. The average molecular weight is 380 g/mol. The number of carbonyl (C=O) groups excluding carboxylic acids is 1. The number of amides is 1. The number of ether oxygens (including phenoxy) is 1. The van der Waals surface area contributed by atoms with Crippen molar-refractivity contribution in [2.45, 2.75) is 25.9 Å². The first-order valence-electron chi connectivity index (χ1n) is 8.65. The number of benzene rings is 1. The third-order valence-electron chi connectivity index (χ3n) is 4.25. The van der Waals surface area contributed by atoms with E-state index in [1.165, 1.54) is 12.1 Å². The van der Waals surface area contributed by atoms with Crippen LogP contribution < -0.4 is 4.74 Å². The van der Waals surface area contributed by atoms with Crippen LogP contribution in [0.25, 0.3) is 0 Å². The molecule has 0 saturated carbocycles. The second-order valence-corrected chi connectivity index (χ2v) is 6.63. The third kappa shape index (κ3) is 5.70. The number of aromatic nitrogens is 1. The van der Waals surface area contributed by atoms with E-state index in [1.807, 2.05) is 26.0 Å². The Hall–Kier alpha value is -2.57. The molecule has 2 aromatic rings. The molecular formula is C20H23F3N2O2. The zero-order valence-corrected chi connectivity index (χ0v) is 15.5. The van der Waals surface area contributed by atoms with Gasteiger partial charge in [-0.25, -0.2) is 0 Å². The van der Waals surface area contributed by atoms with Gasteiger partial charge in [0.05, 0.1) is 18.0 Å². The molecule has 0 bridgehead atoms. The molecule has 0 aliphatic rings. The summed E-state index contributed by atoms with van der Waals surface area (Å²) in [7, 11) is 1.69. The molecule has 1 aromatic heterocycles. The lowest BCUT2D eigenvalue weighted by Crippen LogP contribution is -2.36. The van der Waals surface area contributed by atoms with Gasteiger partial charge in [0.2, 0.25) is 5.91 Å². The normalized spacial score (nSPS) is 12.7. The fourth-order valence-electron chi connectivity index (χ4n) is 2.77. The zero-order valence-electron chi connectivity index (χ0n) is 15.5. The fourth-order valence-corrected chi connectivity index (χ4v) is 2.77.